The summed E-state index contributed by atoms with van der Waals surface area (Å²) in [7, 11) is 0. The largest absolute Gasteiger partial charge is 0.507 e. The van der Waals surface area contributed by atoms with Crippen molar-refractivity contribution in [2.75, 3.05) is 0 Å². The molecule has 0 amide bonds. The number of ether oxygens (including phenoxy) is 1. The molecular formula is C20H19FN4O2. The van der Waals surface area contributed by atoms with Crippen molar-refractivity contribution in [3.8, 4) is 34.1 Å². The van der Waals surface area contributed by atoms with Gasteiger partial charge in [0.15, 0.2) is 0 Å². The Bertz CT molecular complexity index is 906. The number of phenols is 1. The molecule has 0 radical (unpaired) electrons. The maximum Gasteiger partial charge on any atom is 0.233 e. The number of alkyl halides is 1. The predicted octanol–water partition coefficient (Wildman–Crippen LogP) is 3.97. The van der Waals surface area contributed by atoms with Gasteiger partial charge in [-0.05, 0) is 37.5 Å². The Kier molecular flexibility index (Phi) is 4.91. The van der Waals surface area contributed by atoms with E-state index in [9.17, 15) is 9.50 Å². The summed E-state index contributed by atoms with van der Waals surface area (Å²) in [4.78, 5) is 8.24. The van der Waals surface area contributed by atoms with Crippen LogP contribution in [0, 0.1) is 0 Å². The molecule has 138 valence electrons. The Hall–Kier alpha value is -3.09. The third-order valence-corrected chi connectivity index (χ3v) is 4.67. The van der Waals surface area contributed by atoms with Crippen LogP contribution < -0.4 is 4.74 Å². The van der Waals surface area contributed by atoms with Crippen molar-refractivity contribution in [1.29, 1.82) is 0 Å². The lowest BCUT2D eigenvalue weighted by atomic mass is 9.96. The standard InChI is InChI=1S/C20H19FN4O2/c21-15-3-1-2-4-19(15)27-20-8-7-16(24-25-20)14-6-5-13(11-18(14)26)17-12-22-9-10-23-17/h5-12,15,19,26H,1-4H2/t15-,19+/m1/s1. The predicted molar refractivity (Wildman–Crippen MR) is 97.9 cm³/mol. The average Bonchev–Trinajstić information content (AvgIpc) is 2.71. The third-order valence-electron chi connectivity index (χ3n) is 4.67. The maximum absolute atomic E-state index is 13.9. The highest BCUT2D eigenvalue weighted by Crippen LogP contribution is 2.32. The molecule has 3 aromatic rings. The van der Waals surface area contributed by atoms with Crippen molar-refractivity contribution < 1.29 is 14.2 Å². The number of nitrogens with zero attached hydrogens (tertiary/aromatic N) is 4. The summed E-state index contributed by atoms with van der Waals surface area (Å²) in [6.45, 7) is 0. The van der Waals surface area contributed by atoms with Crippen molar-refractivity contribution in [2.24, 2.45) is 0 Å². The van der Waals surface area contributed by atoms with Crippen LogP contribution in [0.15, 0.2) is 48.9 Å². The van der Waals surface area contributed by atoms with E-state index in [-0.39, 0.29) is 5.75 Å². The highest BCUT2D eigenvalue weighted by Gasteiger charge is 2.26. The molecule has 4 rings (SSSR count). The lowest BCUT2D eigenvalue weighted by Gasteiger charge is -2.25. The summed E-state index contributed by atoms with van der Waals surface area (Å²) in [6, 6.07) is 8.56. The number of aromatic nitrogens is 4. The van der Waals surface area contributed by atoms with Crippen molar-refractivity contribution in [2.45, 2.75) is 38.0 Å². The van der Waals surface area contributed by atoms with Gasteiger partial charge in [-0.2, -0.15) is 0 Å². The van der Waals surface area contributed by atoms with E-state index in [1.165, 1.54) is 0 Å². The van der Waals surface area contributed by atoms with E-state index in [1.807, 2.05) is 6.07 Å². The number of hydrogen-bond acceptors (Lipinski definition) is 6. The molecule has 0 saturated heterocycles. The van der Waals surface area contributed by atoms with Gasteiger partial charge in [0.05, 0.1) is 17.6 Å². The number of aromatic hydroxyl groups is 1. The molecule has 1 aromatic carbocycles. The number of phenolic OH excluding ortho intramolecular Hbond substituents is 1. The molecule has 1 N–H and O–H groups in total. The van der Waals surface area contributed by atoms with Gasteiger partial charge in [0, 0.05) is 29.6 Å². The second kappa shape index (κ2) is 7.65. The smallest absolute Gasteiger partial charge is 0.233 e. The zero-order chi connectivity index (χ0) is 18.6. The van der Waals surface area contributed by atoms with E-state index in [4.69, 9.17) is 4.74 Å². The fourth-order valence-electron chi connectivity index (χ4n) is 3.22. The Balaban J connectivity index is 1.52. The molecule has 1 fully saturated rings. The average molecular weight is 366 g/mol. The topological polar surface area (TPSA) is 81.0 Å². The van der Waals surface area contributed by atoms with Crippen LogP contribution in [0.4, 0.5) is 4.39 Å². The SMILES string of the molecule is Oc1cc(-c2cnccn2)ccc1-c1ccc(O[C@H]2CCCC[C@H]2F)nn1. The highest BCUT2D eigenvalue weighted by molar-refractivity contribution is 5.72. The third kappa shape index (κ3) is 3.86. The fraction of sp³-hybridized carbons (Fsp3) is 0.300. The van der Waals surface area contributed by atoms with E-state index in [0.717, 1.165) is 18.4 Å². The molecule has 2 heterocycles. The molecule has 7 heteroatoms. The Labute approximate surface area is 156 Å². The molecule has 27 heavy (non-hydrogen) atoms. The van der Waals surface area contributed by atoms with Crippen LogP contribution in [0.25, 0.3) is 22.5 Å². The van der Waals surface area contributed by atoms with Crippen LogP contribution in [0.1, 0.15) is 25.7 Å². The van der Waals surface area contributed by atoms with Gasteiger partial charge in [-0.15, -0.1) is 10.2 Å². The van der Waals surface area contributed by atoms with Crippen LogP contribution in [0.2, 0.25) is 0 Å². The zero-order valence-corrected chi connectivity index (χ0v) is 14.6. The molecule has 0 aliphatic heterocycles. The number of benzene rings is 1. The van der Waals surface area contributed by atoms with E-state index in [2.05, 4.69) is 20.2 Å². The van der Waals surface area contributed by atoms with Crippen LogP contribution in [0.3, 0.4) is 0 Å². The highest BCUT2D eigenvalue weighted by atomic mass is 19.1. The van der Waals surface area contributed by atoms with Gasteiger partial charge in [0.25, 0.3) is 0 Å². The van der Waals surface area contributed by atoms with Gasteiger partial charge >= 0.3 is 0 Å². The summed E-state index contributed by atoms with van der Waals surface area (Å²) in [6.07, 6.45) is 6.48. The monoisotopic (exact) mass is 366 g/mol. The van der Waals surface area contributed by atoms with Crippen LogP contribution in [0.5, 0.6) is 11.6 Å². The van der Waals surface area contributed by atoms with E-state index in [1.54, 1.807) is 42.9 Å². The molecule has 1 saturated carbocycles. The van der Waals surface area contributed by atoms with Gasteiger partial charge < -0.3 is 9.84 Å². The summed E-state index contributed by atoms with van der Waals surface area (Å²) >= 11 is 0. The van der Waals surface area contributed by atoms with Crippen LogP contribution in [-0.4, -0.2) is 37.5 Å². The van der Waals surface area contributed by atoms with E-state index < -0.39 is 12.3 Å². The van der Waals surface area contributed by atoms with Gasteiger partial charge in [-0.25, -0.2) is 4.39 Å². The minimum absolute atomic E-state index is 0.0669. The molecule has 0 spiro atoms. The van der Waals surface area contributed by atoms with E-state index in [0.29, 0.717) is 35.7 Å². The lowest BCUT2D eigenvalue weighted by molar-refractivity contribution is 0.0594. The Morgan fingerprint density at radius 1 is 1.00 bits per heavy atom. The van der Waals surface area contributed by atoms with Gasteiger partial charge in [0.2, 0.25) is 5.88 Å². The first-order valence-corrected chi connectivity index (χ1v) is 8.95. The van der Waals surface area contributed by atoms with Gasteiger partial charge in [-0.1, -0.05) is 12.5 Å². The van der Waals surface area contributed by atoms with Crippen molar-refractivity contribution >= 4 is 0 Å². The first-order valence-electron chi connectivity index (χ1n) is 8.95. The van der Waals surface area contributed by atoms with E-state index >= 15 is 0 Å². The summed E-state index contributed by atoms with van der Waals surface area (Å²) in [5, 5.41) is 18.5. The fourth-order valence-corrected chi connectivity index (χ4v) is 3.22. The minimum Gasteiger partial charge on any atom is -0.507 e. The molecular weight excluding hydrogens is 347 g/mol. The van der Waals surface area contributed by atoms with Crippen molar-refractivity contribution in [3.63, 3.8) is 0 Å². The summed E-state index contributed by atoms with van der Waals surface area (Å²) < 4.78 is 19.5. The first-order chi connectivity index (χ1) is 13.2. The second-order valence-electron chi connectivity index (χ2n) is 6.54. The second-order valence-corrected chi connectivity index (χ2v) is 6.54. The Morgan fingerprint density at radius 2 is 1.89 bits per heavy atom. The summed E-state index contributed by atoms with van der Waals surface area (Å²) in [5.74, 6) is 0.362. The maximum atomic E-state index is 13.9. The number of rotatable bonds is 4. The lowest BCUT2D eigenvalue weighted by Crippen LogP contribution is -2.32. The molecule has 1 aliphatic rings. The molecule has 1 aliphatic carbocycles. The molecule has 2 aromatic heterocycles. The van der Waals surface area contributed by atoms with Gasteiger partial charge in [0.1, 0.15) is 18.0 Å². The van der Waals surface area contributed by atoms with Crippen LogP contribution in [-0.2, 0) is 0 Å². The molecule has 0 unspecified atom stereocenters. The molecule has 0 bridgehead atoms. The van der Waals surface area contributed by atoms with Crippen molar-refractivity contribution in [1.82, 2.24) is 20.2 Å². The van der Waals surface area contributed by atoms with Crippen molar-refractivity contribution in [3.05, 3.63) is 48.9 Å². The molecule has 6 nitrogen and oxygen atoms in total. The first kappa shape index (κ1) is 17.3. The normalized spacial score (nSPS) is 19.6. The quantitative estimate of drug-likeness (QED) is 0.753. The minimum atomic E-state index is -0.960. The van der Waals surface area contributed by atoms with Gasteiger partial charge in [-0.3, -0.25) is 9.97 Å². The Morgan fingerprint density at radius 3 is 2.59 bits per heavy atom. The summed E-state index contributed by atoms with van der Waals surface area (Å²) in [5.41, 5.74) is 2.47. The zero-order valence-electron chi connectivity index (χ0n) is 14.6. The number of halogens is 1. The number of hydrogen-bond donors (Lipinski definition) is 1. The molecule has 2 atom stereocenters. The van der Waals surface area contributed by atoms with Crippen LogP contribution >= 0.6 is 0 Å².